The molecule has 2 heterocycles. The summed E-state index contributed by atoms with van der Waals surface area (Å²) in [5.41, 5.74) is 7.18. The molecule has 1 aliphatic rings. The van der Waals surface area contributed by atoms with Crippen molar-refractivity contribution in [2.75, 3.05) is 13.1 Å². The Labute approximate surface area is 166 Å². The van der Waals surface area contributed by atoms with Gasteiger partial charge in [0.2, 0.25) is 0 Å². The van der Waals surface area contributed by atoms with Crippen molar-refractivity contribution >= 4 is 23.4 Å². The first-order valence-corrected chi connectivity index (χ1v) is 10.4. The normalized spacial score (nSPS) is 18.6. The molecular weight excluding hydrogens is 358 g/mol. The van der Waals surface area contributed by atoms with Crippen molar-refractivity contribution in [3.05, 3.63) is 39.8 Å². The summed E-state index contributed by atoms with van der Waals surface area (Å²) in [6.45, 7) is 9.15. The number of β-amino-alcohol motifs (C(OH)–C–C–N with tert-alkyl or cyclic N) is 1. The lowest BCUT2D eigenvalue weighted by atomic mass is 9.95. The maximum absolute atomic E-state index is 10.6. The van der Waals surface area contributed by atoms with E-state index >= 15 is 0 Å². The van der Waals surface area contributed by atoms with Gasteiger partial charge in [-0.2, -0.15) is 0 Å². The average molecular weight is 390 g/mol. The van der Waals surface area contributed by atoms with Gasteiger partial charge >= 0.3 is 0 Å². The number of aliphatic hydroxyl groups is 1. The number of nitrogens with two attached hydrogens (primary N) is 1. The zero-order chi connectivity index (χ0) is 19.9. The van der Waals surface area contributed by atoms with Gasteiger partial charge < -0.3 is 15.7 Å². The number of unbranched alkanes of at least 4 members (excludes halogenated alkanes) is 2. The summed E-state index contributed by atoms with van der Waals surface area (Å²) >= 11 is 1.47. The first-order valence-electron chi connectivity index (χ1n) is 9.53. The third-order valence-electron chi connectivity index (χ3n) is 4.47. The van der Waals surface area contributed by atoms with Gasteiger partial charge in [-0.15, -0.1) is 11.3 Å². The fourth-order valence-electron chi connectivity index (χ4n) is 2.81. The molecule has 1 aromatic heterocycles. The first kappa shape index (κ1) is 21.3. The maximum Gasteiger partial charge on any atom is 0.151 e. The van der Waals surface area contributed by atoms with Crippen LogP contribution in [0.25, 0.3) is 0 Å². The van der Waals surface area contributed by atoms with Gasteiger partial charge in [0.25, 0.3) is 0 Å². The molecule has 0 aliphatic carbocycles. The van der Waals surface area contributed by atoms with E-state index in [0.717, 1.165) is 47.8 Å². The molecular formula is C20H31N5OS. The van der Waals surface area contributed by atoms with Gasteiger partial charge in [0.15, 0.2) is 11.4 Å². The average Bonchev–Trinajstić information content (AvgIpc) is 3.15. The largest absolute Gasteiger partial charge is 0.382 e. The summed E-state index contributed by atoms with van der Waals surface area (Å²) in [6.07, 6.45) is 9.79. The standard InChI is InChI=1S/C20H31N5OS/c1-5-7-9-15(3)17(22-10-8-6-2)18(21)24-16(4)25-13-20(26,14-25)19-23-11-12-27-19/h9-12,26H,5-8,13-14,21H2,1-4H3/b15-9+,18-17+,22-10-,24-16+. The second kappa shape index (κ2) is 9.80. The molecule has 0 aromatic carbocycles. The van der Waals surface area contributed by atoms with E-state index in [-0.39, 0.29) is 0 Å². The second-order valence-electron chi connectivity index (χ2n) is 6.89. The van der Waals surface area contributed by atoms with Crippen LogP contribution < -0.4 is 5.73 Å². The highest BCUT2D eigenvalue weighted by Gasteiger charge is 2.45. The first-order chi connectivity index (χ1) is 12.9. The van der Waals surface area contributed by atoms with Crippen LogP contribution in [0.1, 0.15) is 58.4 Å². The summed E-state index contributed by atoms with van der Waals surface area (Å²) in [5.74, 6) is 1.19. The summed E-state index contributed by atoms with van der Waals surface area (Å²) in [6, 6.07) is 0. The molecule has 0 spiro atoms. The van der Waals surface area contributed by atoms with Crippen LogP contribution in [-0.2, 0) is 5.60 Å². The molecule has 1 fully saturated rings. The molecule has 27 heavy (non-hydrogen) atoms. The molecule has 0 radical (unpaired) electrons. The molecule has 2 rings (SSSR count). The van der Waals surface area contributed by atoms with Crippen LogP contribution in [0.3, 0.4) is 0 Å². The van der Waals surface area contributed by atoms with Crippen molar-refractivity contribution in [1.29, 1.82) is 0 Å². The van der Waals surface area contributed by atoms with Crippen LogP contribution in [0, 0.1) is 0 Å². The Morgan fingerprint density at radius 2 is 2.04 bits per heavy atom. The number of thiazole rings is 1. The number of amidine groups is 1. The Morgan fingerprint density at radius 1 is 1.33 bits per heavy atom. The number of allylic oxidation sites excluding steroid dienone is 2. The third kappa shape index (κ3) is 5.49. The molecule has 1 aliphatic heterocycles. The van der Waals surface area contributed by atoms with Crippen LogP contribution in [0.15, 0.2) is 44.7 Å². The van der Waals surface area contributed by atoms with Crippen molar-refractivity contribution in [2.24, 2.45) is 15.7 Å². The SMILES string of the molecule is CCC\C=N/C(C(/C)=C/CCC)=C(N)/N=C(\C)N1CC(O)(c2nccs2)C1. The number of aromatic nitrogens is 1. The highest BCUT2D eigenvalue weighted by Crippen LogP contribution is 2.33. The van der Waals surface area contributed by atoms with E-state index < -0.39 is 5.60 Å². The molecule has 1 aromatic rings. The molecule has 1 saturated heterocycles. The fraction of sp³-hybridized carbons (Fsp3) is 0.550. The van der Waals surface area contributed by atoms with E-state index in [9.17, 15) is 5.11 Å². The van der Waals surface area contributed by atoms with E-state index in [1.54, 1.807) is 6.20 Å². The summed E-state index contributed by atoms with van der Waals surface area (Å²) in [7, 11) is 0. The number of aliphatic imine (C=N–C) groups is 2. The van der Waals surface area contributed by atoms with Crippen LogP contribution >= 0.6 is 11.3 Å². The van der Waals surface area contributed by atoms with Crippen molar-refractivity contribution in [3.8, 4) is 0 Å². The van der Waals surface area contributed by atoms with Gasteiger partial charge in [0.05, 0.1) is 13.1 Å². The van der Waals surface area contributed by atoms with E-state index in [0.29, 0.717) is 18.9 Å². The molecule has 0 bridgehead atoms. The van der Waals surface area contributed by atoms with Gasteiger partial charge in [-0.3, -0.25) is 4.99 Å². The smallest absolute Gasteiger partial charge is 0.151 e. The van der Waals surface area contributed by atoms with E-state index in [4.69, 9.17) is 5.73 Å². The van der Waals surface area contributed by atoms with E-state index in [2.05, 4.69) is 34.9 Å². The van der Waals surface area contributed by atoms with E-state index in [1.807, 2.05) is 30.3 Å². The minimum Gasteiger partial charge on any atom is -0.382 e. The van der Waals surface area contributed by atoms with Gasteiger partial charge in [-0.05, 0) is 32.3 Å². The number of rotatable bonds is 8. The highest BCUT2D eigenvalue weighted by molar-refractivity contribution is 7.09. The van der Waals surface area contributed by atoms with Crippen molar-refractivity contribution in [3.63, 3.8) is 0 Å². The Hall–Kier alpha value is -1.99. The molecule has 6 nitrogen and oxygen atoms in total. The Balaban J connectivity index is 2.16. The Kier molecular flexibility index (Phi) is 7.74. The summed E-state index contributed by atoms with van der Waals surface area (Å²) in [4.78, 5) is 15.4. The number of hydrogen-bond donors (Lipinski definition) is 2. The Morgan fingerprint density at radius 3 is 2.63 bits per heavy atom. The topological polar surface area (TPSA) is 87.1 Å². The lowest BCUT2D eigenvalue weighted by molar-refractivity contribution is -0.0720. The Bertz CT molecular complexity index is 728. The quantitative estimate of drug-likeness (QED) is 0.402. The zero-order valence-electron chi connectivity index (χ0n) is 16.8. The van der Waals surface area contributed by atoms with E-state index in [1.165, 1.54) is 11.3 Å². The molecule has 0 amide bonds. The van der Waals surface area contributed by atoms with Gasteiger partial charge in [0, 0.05) is 17.8 Å². The van der Waals surface area contributed by atoms with Gasteiger partial charge in [-0.1, -0.05) is 32.8 Å². The number of likely N-dealkylation sites (tertiary alicyclic amines) is 1. The molecule has 7 heteroatoms. The summed E-state index contributed by atoms with van der Waals surface area (Å²) in [5, 5.41) is 13.3. The van der Waals surface area contributed by atoms with Crippen molar-refractivity contribution < 1.29 is 5.11 Å². The zero-order valence-corrected chi connectivity index (χ0v) is 17.6. The molecule has 148 valence electrons. The lowest BCUT2D eigenvalue weighted by Gasteiger charge is -2.46. The van der Waals surface area contributed by atoms with Crippen molar-refractivity contribution in [2.45, 2.75) is 59.0 Å². The minimum absolute atomic E-state index is 0.411. The predicted molar refractivity (Wildman–Crippen MR) is 114 cm³/mol. The predicted octanol–water partition coefficient (Wildman–Crippen LogP) is 3.81. The fourth-order valence-corrected chi connectivity index (χ4v) is 3.53. The van der Waals surface area contributed by atoms with Crippen LogP contribution in [0.2, 0.25) is 0 Å². The van der Waals surface area contributed by atoms with Crippen LogP contribution in [0.5, 0.6) is 0 Å². The number of hydrogen-bond acceptors (Lipinski definition) is 6. The molecule has 0 atom stereocenters. The van der Waals surface area contributed by atoms with Gasteiger partial charge in [0.1, 0.15) is 16.5 Å². The second-order valence-corrected chi connectivity index (χ2v) is 7.79. The number of nitrogens with zero attached hydrogens (tertiary/aromatic N) is 4. The maximum atomic E-state index is 10.6. The molecule has 3 N–H and O–H groups in total. The molecule has 0 saturated carbocycles. The minimum atomic E-state index is -0.886. The lowest BCUT2D eigenvalue weighted by Crippen LogP contribution is -2.60. The monoisotopic (exact) mass is 389 g/mol. The van der Waals surface area contributed by atoms with Gasteiger partial charge in [-0.25, -0.2) is 9.98 Å². The molecule has 0 unspecified atom stereocenters. The highest BCUT2D eigenvalue weighted by atomic mass is 32.1. The van der Waals surface area contributed by atoms with Crippen molar-refractivity contribution in [1.82, 2.24) is 9.88 Å². The summed E-state index contributed by atoms with van der Waals surface area (Å²) < 4.78 is 0. The van der Waals surface area contributed by atoms with Crippen LogP contribution in [-0.4, -0.2) is 40.1 Å². The van der Waals surface area contributed by atoms with Crippen LogP contribution in [0.4, 0.5) is 0 Å². The third-order valence-corrected chi connectivity index (χ3v) is 5.44.